The highest BCUT2D eigenvalue weighted by atomic mass is 127. The first-order valence-electron chi connectivity index (χ1n) is 7.51. The van der Waals surface area contributed by atoms with Gasteiger partial charge >= 0.3 is 0 Å². The lowest BCUT2D eigenvalue weighted by molar-refractivity contribution is 0.271. The van der Waals surface area contributed by atoms with Gasteiger partial charge < -0.3 is 15.4 Å². The lowest BCUT2D eigenvalue weighted by Gasteiger charge is -2.23. The van der Waals surface area contributed by atoms with Crippen molar-refractivity contribution in [1.82, 2.24) is 10.6 Å². The summed E-state index contributed by atoms with van der Waals surface area (Å²) in [5.74, 6) is 2.27. The van der Waals surface area contributed by atoms with E-state index in [1.807, 2.05) is 12.1 Å². The van der Waals surface area contributed by atoms with Crippen LogP contribution in [0, 0.1) is 5.92 Å². The molecule has 0 bridgehead atoms. The molecule has 0 unspecified atom stereocenters. The van der Waals surface area contributed by atoms with Crippen LogP contribution >= 0.6 is 24.0 Å². The summed E-state index contributed by atoms with van der Waals surface area (Å²) in [7, 11) is 1.78. The summed E-state index contributed by atoms with van der Waals surface area (Å²) in [4.78, 5) is 4.22. The van der Waals surface area contributed by atoms with E-state index in [9.17, 15) is 0 Å². The first-order chi connectivity index (χ1) is 9.80. The zero-order valence-corrected chi connectivity index (χ0v) is 16.9. The van der Waals surface area contributed by atoms with Gasteiger partial charge in [0.15, 0.2) is 5.96 Å². The lowest BCUT2D eigenvalue weighted by atomic mass is 10.1. The SMILES string of the molecule is CN=C(NCc1ccc(OCC(C)C)cc1)NC(C)(C)C.I. The monoisotopic (exact) mass is 419 g/mol. The Bertz CT molecular complexity index is 450. The molecule has 0 atom stereocenters. The number of halogens is 1. The first-order valence-corrected chi connectivity index (χ1v) is 7.51. The molecule has 0 spiro atoms. The maximum Gasteiger partial charge on any atom is 0.191 e. The van der Waals surface area contributed by atoms with Crippen LogP contribution < -0.4 is 15.4 Å². The number of hydrogen-bond donors (Lipinski definition) is 2. The van der Waals surface area contributed by atoms with Crippen molar-refractivity contribution in [2.75, 3.05) is 13.7 Å². The molecule has 0 aliphatic rings. The van der Waals surface area contributed by atoms with Gasteiger partial charge in [0.05, 0.1) is 6.61 Å². The van der Waals surface area contributed by atoms with Crippen LogP contribution in [0.5, 0.6) is 5.75 Å². The molecule has 2 N–H and O–H groups in total. The minimum Gasteiger partial charge on any atom is -0.493 e. The van der Waals surface area contributed by atoms with Gasteiger partial charge in [0.25, 0.3) is 0 Å². The predicted molar refractivity (Wildman–Crippen MR) is 105 cm³/mol. The highest BCUT2D eigenvalue weighted by Crippen LogP contribution is 2.13. The topological polar surface area (TPSA) is 45.7 Å². The number of hydrogen-bond acceptors (Lipinski definition) is 2. The fraction of sp³-hybridized carbons (Fsp3) is 0.588. The summed E-state index contributed by atoms with van der Waals surface area (Å²) < 4.78 is 5.68. The van der Waals surface area contributed by atoms with Gasteiger partial charge in [0.1, 0.15) is 5.75 Å². The largest absolute Gasteiger partial charge is 0.493 e. The first kappa shape index (κ1) is 21.0. The third-order valence-corrected chi connectivity index (χ3v) is 2.68. The molecule has 0 aromatic heterocycles. The fourth-order valence-corrected chi connectivity index (χ4v) is 1.69. The van der Waals surface area contributed by atoms with Crippen molar-refractivity contribution >= 4 is 29.9 Å². The third-order valence-electron chi connectivity index (χ3n) is 2.68. The van der Waals surface area contributed by atoms with Crippen LogP contribution in [0.25, 0.3) is 0 Å². The van der Waals surface area contributed by atoms with E-state index in [2.05, 4.69) is 62.4 Å². The van der Waals surface area contributed by atoms with Crippen LogP contribution in [0.2, 0.25) is 0 Å². The highest BCUT2D eigenvalue weighted by molar-refractivity contribution is 14.0. The van der Waals surface area contributed by atoms with Gasteiger partial charge in [-0.1, -0.05) is 26.0 Å². The minimum absolute atomic E-state index is 0. The Kier molecular flexibility index (Phi) is 9.48. The molecular formula is C17H30IN3O. The molecule has 1 aromatic rings. The van der Waals surface area contributed by atoms with Crippen molar-refractivity contribution in [3.05, 3.63) is 29.8 Å². The summed E-state index contributed by atoms with van der Waals surface area (Å²) >= 11 is 0. The van der Waals surface area contributed by atoms with Gasteiger partial charge in [-0.05, 0) is 44.4 Å². The zero-order valence-electron chi connectivity index (χ0n) is 14.6. The smallest absolute Gasteiger partial charge is 0.191 e. The normalized spacial score (nSPS) is 11.9. The molecule has 0 amide bonds. The zero-order chi connectivity index (χ0) is 15.9. The summed E-state index contributed by atoms with van der Waals surface area (Å²) in [6.07, 6.45) is 0. The summed E-state index contributed by atoms with van der Waals surface area (Å²) in [5.41, 5.74) is 1.19. The standard InChI is InChI=1S/C17H29N3O.HI/c1-13(2)12-21-15-9-7-14(8-10-15)11-19-16(18-6)20-17(3,4)5;/h7-10,13H,11-12H2,1-6H3,(H2,18,19,20);1H. The van der Waals surface area contributed by atoms with Crippen molar-refractivity contribution in [3.63, 3.8) is 0 Å². The lowest BCUT2D eigenvalue weighted by Crippen LogP contribution is -2.47. The number of guanidine groups is 1. The van der Waals surface area contributed by atoms with Gasteiger partial charge in [-0.3, -0.25) is 4.99 Å². The molecule has 1 rings (SSSR count). The second-order valence-electron chi connectivity index (χ2n) is 6.65. The summed E-state index contributed by atoms with van der Waals surface area (Å²) in [6, 6.07) is 8.18. The van der Waals surface area contributed by atoms with E-state index < -0.39 is 0 Å². The van der Waals surface area contributed by atoms with E-state index in [1.54, 1.807) is 7.05 Å². The molecule has 0 saturated carbocycles. The second-order valence-corrected chi connectivity index (χ2v) is 6.65. The summed E-state index contributed by atoms with van der Waals surface area (Å²) in [5, 5.41) is 6.64. The Balaban J connectivity index is 0.00000441. The Morgan fingerprint density at radius 2 is 1.77 bits per heavy atom. The van der Waals surface area contributed by atoms with E-state index >= 15 is 0 Å². The minimum atomic E-state index is -0.00358. The molecule has 22 heavy (non-hydrogen) atoms. The van der Waals surface area contributed by atoms with Crippen molar-refractivity contribution in [3.8, 4) is 5.75 Å². The van der Waals surface area contributed by atoms with E-state index in [0.717, 1.165) is 24.9 Å². The van der Waals surface area contributed by atoms with Crippen LogP contribution in [-0.4, -0.2) is 25.2 Å². The maximum absolute atomic E-state index is 5.68. The quantitative estimate of drug-likeness (QED) is 0.434. The number of rotatable bonds is 5. The molecule has 0 fully saturated rings. The van der Waals surface area contributed by atoms with Crippen LogP contribution in [-0.2, 0) is 6.54 Å². The molecule has 1 aromatic carbocycles. The number of nitrogens with one attached hydrogen (secondary N) is 2. The maximum atomic E-state index is 5.68. The van der Waals surface area contributed by atoms with Gasteiger partial charge in [-0.15, -0.1) is 24.0 Å². The van der Waals surface area contributed by atoms with E-state index in [4.69, 9.17) is 4.74 Å². The molecular weight excluding hydrogens is 389 g/mol. The number of aliphatic imine (C=N–C) groups is 1. The van der Waals surface area contributed by atoms with Crippen molar-refractivity contribution in [2.45, 2.75) is 46.7 Å². The molecule has 126 valence electrons. The highest BCUT2D eigenvalue weighted by Gasteiger charge is 2.11. The van der Waals surface area contributed by atoms with Crippen LogP contribution in [0.4, 0.5) is 0 Å². The van der Waals surface area contributed by atoms with E-state index in [1.165, 1.54) is 5.56 Å². The summed E-state index contributed by atoms with van der Waals surface area (Å²) in [6.45, 7) is 12.1. The average molecular weight is 419 g/mol. The number of nitrogens with zero attached hydrogens (tertiary/aromatic N) is 1. The molecule has 0 radical (unpaired) electrons. The Hall–Kier alpha value is -0.980. The van der Waals surface area contributed by atoms with Gasteiger partial charge in [0, 0.05) is 19.1 Å². The Morgan fingerprint density at radius 3 is 2.23 bits per heavy atom. The Morgan fingerprint density at radius 1 is 1.18 bits per heavy atom. The molecule has 0 aliphatic heterocycles. The van der Waals surface area contributed by atoms with E-state index in [-0.39, 0.29) is 29.5 Å². The Labute approximate surface area is 152 Å². The van der Waals surface area contributed by atoms with E-state index in [0.29, 0.717) is 5.92 Å². The number of benzene rings is 1. The molecule has 0 aliphatic carbocycles. The van der Waals surface area contributed by atoms with Crippen LogP contribution in [0.1, 0.15) is 40.2 Å². The van der Waals surface area contributed by atoms with Crippen LogP contribution in [0.15, 0.2) is 29.3 Å². The van der Waals surface area contributed by atoms with Crippen molar-refractivity contribution < 1.29 is 4.74 Å². The second kappa shape index (κ2) is 9.92. The molecule has 5 heteroatoms. The molecule has 0 heterocycles. The van der Waals surface area contributed by atoms with Gasteiger partial charge in [0.2, 0.25) is 0 Å². The average Bonchev–Trinajstić information content (AvgIpc) is 2.41. The van der Waals surface area contributed by atoms with Crippen molar-refractivity contribution in [1.29, 1.82) is 0 Å². The molecule has 0 saturated heterocycles. The predicted octanol–water partition coefficient (Wildman–Crippen LogP) is 3.80. The molecule has 4 nitrogen and oxygen atoms in total. The fourth-order valence-electron chi connectivity index (χ4n) is 1.69. The van der Waals surface area contributed by atoms with Crippen LogP contribution in [0.3, 0.4) is 0 Å². The van der Waals surface area contributed by atoms with Gasteiger partial charge in [-0.25, -0.2) is 0 Å². The third kappa shape index (κ3) is 9.12. The number of ether oxygens (including phenoxy) is 1. The van der Waals surface area contributed by atoms with Crippen molar-refractivity contribution in [2.24, 2.45) is 10.9 Å². The van der Waals surface area contributed by atoms with Gasteiger partial charge in [-0.2, -0.15) is 0 Å².